The molecule has 1 aromatic carbocycles. The summed E-state index contributed by atoms with van der Waals surface area (Å²) in [5.74, 6) is 0. The van der Waals surface area contributed by atoms with Crippen molar-refractivity contribution in [2.75, 3.05) is 21.1 Å². The Morgan fingerprint density at radius 2 is 1.58 bits per heavy atom. The monoisotopic (exact) mass is 182 g/mol. The van der Waals surface area contributed by atoms with Crippen molar-refractivity contribution in [3.05, 3.63) is 24.3 Å². The Balaban J connectivity index is 3.00. The molecule has 64 valence electrons. The summed E-state index contributed by atoms with van der Waals surface area (Å²) >= 11 is 0. The second-order valence-corrected chi connectivity index (χ2v) is 4.32. The van der Waals surface area contributed by atoms with Crippen LogP contribution in [0.1, 0.15) is 0 Å². The van der Waals surface area contributed by atoms with Crippen molar-refractivity contribution >= 4 is 19.5 Å². The molecular weight excluding hydrogens is 169 g/mol. The molecule has 3 heteroatoms. The van der Waals surface area contributed by atoms with Crippen LogP contribution >= 0.6 is 8.46 Å². The largest absolute Gasteiger partial charge is 0.298 e. The molecule has 2 nitrogen and oxygen atoms in total. The Kier molecular flexibility index (Phi) is 2.61. The molecule has 1 rings (SSSR count). The van der Waals surface area contributed by atoms with Gasteiger partial charge in [0.2, 0.25) is 0 Å². The average Bonchev–Trinajstić information content (AvgIpc) is 2.03. The lowest BCUT2D eigenvalue weighted by Gasteiger charge is -2.23. The summed E-state index contributed by atoms with van der Waals surface area (Å²) in [4.78, 5) is 0. The molecule has 0 bridgehead atoms. The quantitative estimate of drug-likeness (QED) is 0.503. The number of benzene rings is 1. The van der Waals surface area contributed by atoms with Gasteiger partial charge in [0, 0.05) is 17.4 Å². The maximum atomic E-state index is 10.5. The Morgan fingerprint density at radius 3 is 1.92 bits per heavy atom. The van der Waals surface area contributed by atoms with Gasteiger partial charge in [0.05, 0.1) is 21.1 Å². The molecule has 0 spiro atoms. The Labute approximate surface area is 74.6 Å². The molecule has 0 aliphatic heterocycles. The molecule has 0 aliphatic carbocycles. The third kappa shape index (κ3) is 2.13. The predicted octanol–water partition coefficient (Wildman–Crippen LogP) is 1.80. The molecule has 1 aromatic rings. The van der Waals surface area contributed by atoms with Crippen LogP contribution < -0.4 is 9.79 Å². The van der Waals surface area contributed by atoms with Crippen LogP contribution in [0.4, 0.5) is 5.69 Å². The third-order valence-corrected chi connectivity index (χ3v) is 2.24. The fourth-order valence-electron chi connectivity index (χ4n) is 0.961. The van der Waals surface area contributed by atoms with Gasteiger partial charge in [-0.15, -0.1) is 0 Å². The van der Waals surface area contributed by atoms with Gasteiger partial charge in [0.25, 0.3) is 0 Å². The van der Waals surface area contributed by atoms with Crippen LogP contribution in [0.3, 0.4) is 0 Å². The van der Waals surface area contributed by atoms with Gasteiger partial charge in [-0.05, 0) is 12.1 Å². The van der Waals surface area contributed by atoms with Crippen molar-refractivity contribution in [3.63, 3.8) is 0 Å². The first-order valence-electron chi connectivity index (χ1n) is 3.79. The molecule has 0 amide bonds. The van der Waals surface area contributed by atoms with Crippen molar-refractivity contribution in [1.82, 2.24) is 4.48 Å². The summed E-state index contributed by atoms with van der Waals surface area (Å²) in [5.41, 5.74) is 1.21. The molecule has 12 heavy (non-hydrogen) atoms. The maximum Gasteiger partial charge on any atom is 0.192 e. The van der Waals surface area contributed by atoms with E-state index in [4.69, 9.17) is 0 Å². The van der Waals surface area contributed by atoms with E-state index in [-0.39, 0.29) is 8.46 Å². The second kappa shape index (κ2) is 3.34. The van der Waals surface area contributed by atoms with Crippen molar-refractivity contribution in [1.29, 1.82) is 0 Å². The van der Waals surface area contributed by atoms with Gasteiger partial charge in [0.1, 0.15) is 5.69 Å². The van der Waals surface area contributed by atoms with E-state index in [1.54, 1.807) is 0 Å². The maximum absolute atomic E-state index is 10.5. The van der Waals surface area contributed by atoms with Gasteiger partial charge in [-0.2, -0.15) is 0 Å². The van der Waals surface area contributed by atoms with E-state index in [1.165, 1.54) is 5.69 Å². The van der Waals surface area contributed by atoms with Crippen LogP contribution in [0.25, 0.3) is 0 Å². The SMILES string of the molecule is C[N+](C)(C)c1ccc(P=O)cc1. The van der Waals surface area contributed by atoms with Crippen LogP contribution in [-0.4, -0.2) is 21.1 Å². The number of nitrogens with zero attached hydrogens (tertiary/aromatic N) is 1. The van der Waals surface area contributed by atoms with E-state index in [1.807, 2.05) is 24.3 Å². The topological polar surface area (TPSA) is 17.1 Å². The van der Waals surface area contributed by atoms with E-state index in [2.05, 4.69) is 21.1 Å². The minimum absolute atomic E-state index is 0.0920. The highest BCUT2D eigenvalue weighted by atomic mass is 31.1. The Hall–Kier alpha value is -0.720. The van der Waals surface area contributed by atoms with Crippen LogP contribution in [-0.2, 0) is 4.57 Å². The van der Waals surface area contributed by atoms with E-state index in [0.717, 1.165) is 9.79 Å². The zero-order chi connectivity index (χ0) is 9.19. The van der Waals surface area contributed by atoms with E-state index < -0.39 is 0 Å². The van der Waals surface area contributed by atoms with Crippen molar-refractivity contribution in [2.45, 2.75) is 0 Å². The van der Waals surface area contributed by atoms with Crippen LogP contribution in [0.5, 0.6) is 0 Å². The van der Waals surface area contributed by atoms with Crippen molar-refractivity contribution in [3.8, 4) is 0 Å². The predicted molar refractivity (Wildman–Crippen MR) is 53.2 cm³/mol. The molecular formula is C9H13NOP+. The summed E-state index contributed by atoms with van der Waals surface area (Å²) in [7, 11) is 6.40. The van der Waals surface area contributed by atoms with Gasteiger partial charge < -0.3 is 0 Å². The van der Waals surface area contributed by atoms with Crippen LogP contribution in [0.2, 0.25) is 0 Å². The molecule has 0 atom stereocenters. The van der Waals surface area contributed by atoms with Gasteiger partial charge in [-0.3, -0.25) is 9.05 Å². The summed E-state index contributed by atoms with van der Waals surface area (Å²) in [6, 6.07) is 7.77. The summed E-state index contributed by atoms with van der Waals surface area (Å²) in [5, 5.41) is 0.826. The smallest absolute Gasteiger partial charge is 0.192 e. The first-order valence-corrected chi connectivity index (χ1v) is 4.61. The van der Waals surface area contributed by atoms with Gasteiger partial charge >= 0.3 is 0 Å². The summed E-state index contributed by atoms with van der Waals surface area (Å²) in [6.07, 6.45) is 0. The standard InChI is InChI=1S/C9H13NOP/c1-10(2,3)8-4-6-9(12-11)7-5-8/h4-7H,1-3H3/q+1. The fourth-order valence-corrected chi connectivity index (χ4v) is 1.23. The molecule has 0 heterocycles. The van der Waals surface area contributed by atoms with Gasteiger partial charge in [-0.1, -0.05) is 0 Å². The molecule has 0 saturated heterocycles. The molecule has 0 fully saturated rings. The zero-order valence-corrected chi connectivity index (χ0v) is 8.51. The van der Waals surface area contributed by atoms with Crippen LogP contribution in [0, 0.1) is 0 Å². The molecule has 0 radical (unpaired) electrons. The summed E-state index contributed by atoms with van der Waals surface area (Å²) < 4.78 is 11.2. The lowest BCUT2D eigenvalue weighted by molar-refractivity contribution is 0.486. The van der Waals surface area contributed by atoms with Crippen molar-refractivity contribution in [2.24, 2.45) is 0 Å². The average molecular weight is 182 g/mol. The highest BCUT2D eigenvalue weighted by molar-refractivity contribution is 7.34. The highest BCUT2D eigenvalue weighted by Gasteiger charge is 2.10. The molecule has 0 unspecified atom stereocenters. The molecule has 0 N–H and O–H groups in total. The molecule has 0 aliphatic rings. The zero-order valence-electron chi connectivity index (χ0n) is 7.61. The van der Waals surface area contributed by atoms with Crippen molar-refractivity contribution < 1.29 is 4.57 Å². The molecule has 0 aromatic heterocycles. The van der Waals surface area contributed by atoms with Gasteiger partial charge in [-0.25, -0.2) is 0 Å². The highest BCUT2D eigenvalue weighted by Crippen LogP contribution is 2.15. The lowest BCUT2D eigenvalue weighted by atomic mass is 10.3. The lowest BCUT2D eigenvalue weighted by Crippen LogP contribution is -2.34. The fraction of sp³-hybridized carbons (Fsp3) is 0.333. The summed E-state index contributed by atoms with van der Waals surface area (Å²) in [6.45, 7) is 0. The third-order valence-electron chi connectivity index (χ3n) is 1.73. The van der Waals surface area contributed by atoms with Gasteiger partial charge in [0.15, 0.2) is 8.46 Å². The first-order chi connectivity index (χ1) is 5.54. The number of quaternary nitrogens is 1. The minimum atomic E-state index is 0.0920. The number of hydrogen-bond donors (Lipinski definition) is 0. The van der Waals surface area contributed by atoms with E-state index >= 15 is 0 Å². The minimum Gasteiger partial charge on any atom is -0.298 e. The second-order valence-electron chi connectivity index (χ2n) is 3.62. The number of rotatable bonds is 2. The molecule has 0 saturated carbocycles. The Morgan fingerprint density at radius 1 is 1.08 bits per heavy atom. The number of hydrogen-bond acceptors (Lipinski definition) is 1. The first kappa shape index (κ1) is 9.37. The Bertz CT molecular complexity index is 274. The van der Waals surface area contributed by atoms with E-state index in [9.17, 15) is 4.57 Å². The van der Waals surface area contributed by atoms with Crippen LogP contribution in [0.15, 0.2) is 24.3 Å². The normalized spacial score (nSPS) is 11.9. The van der Waals surface area contributed by atoms with E-state index in [0.29, 0.717) is 0 Å².